The van der Waals surface area contributed by atoms with Crippen LogP contribution in [0.3, 0.4) is 0 Å². The monoisotopic (exact) mass is 184 g/mol. The summed E-state index contributed by atoms with van der Waals surface area (Å²) in [7, 11) is 1.85. The lowest BCUT2D eigenvalue weighted by Crippen LogP contribution is -2.59. The van der Waals surface area contributed by atoms with Crippen molar-refractivity contribution in [3.05, 3.63) is 0 Å². The highest BCUT2D eigenvalue weighted by atomic mass is 16.5. The summed E-state index contributed by atoms with van der Waals surface area (Å²) in [6, 6.07) is 0. The summed E-state index contributed by atoms with van der Waals surface area (Å²) >= 11 is 0. The van der Waals surface area contributed by atoms with Crippen molar-refractivity contribution in [1.82, 2.24) is 10.2 Å². The summed E-state index contributed by atoms with van der Waals surface area (Å²) in [5.74, 6) is 0.216. The number of carbonyl (C=O) groups excluding carboxylic acids is 1. The van der Waals surface area contributed by atoms with Crippen LogP contribution in [-0.2, 0) is 9.53 Å². The Bertz CT molecular complexity index is 206. The van der Waals surface area contributed by atoms with E-state index in [1.807, 2.05) is 7.05 Å². The van der Waals surface area contributed by atoms with Gasteiger partial charge in [0.15, 0.2) is 0 Å². The molecule has 4 nitrogen and oxygen atoms in total. The molecule has 0 unspecified atom stereocenters. The van der Waals surface area contributed by atoms with E-state index in [1.54, 1.807) is 4.90 Å². The molecule has 1 N–H and O–H groups in total. The van der Waals surface area contributed by atoms with Crippen molar-refractivity contribution in [1.29, 1.82) is 0 Å². The zero-order valence-corrected chi connectivity index (χ0v) is 8.01. The van der Waals surface area contributed by atoms with Gasteiger partial charge in [0.2, 0.25) is 5.91 Å². The standard InChI is InChI=1S/C9H16N2O2/c1-11-8(12)2-7-13-9(11)3-5-10-6-4-9/h10H,2-7H2,1H3. The first-order valence-corrected chi connectivity index (χ1v) is 4.86. The first kappa shape index (κ1) is 8.97. The molecule has 0 aromatic rings. The Morgan fingerprint density at radius 3 is 2.85 bits per heavy atom. The summed E-state index contributed by atoms with van der Waals surface area (Å²) in [6.07, 6.45) is 2.36. The molecule has 2 aliphatic heterocycles. The van der Waals surface area contributed by atoms with Crippen molar-refractivity contribution in [2.45, 2.75) is 25.0 Å². The van der Waals surface area contributed by atoms with Gasteiger partial charge in [-0.15, -0.1) is 0 Å². The molecule has 13 heavy (non-hydrogen) atoms. The summed E-state index contributed by atoms with van der Waals surface area (Å²) in [5, 5.41) is 3.27. The van der Waals surface area contributed by atoms with E-state index in [1.165, 1.54) is 0 Å². The molecule has 0 atom stereocenters. The lowest BCUT2D eigenvalue weighted by Gasteiger charge is -2.47. The third-order valence-corrected chi connectivity index (χ3v) is 3.06. The van der Waals surface area contributed by atoms with E-state index >= 15 is 0 Å². The number of nitrogens with zero attached hydrogens (tertiary/aromatic N) is 1. The molecule has 0 radical (unpaired) electrons. The maximum atomic E-state index is 11.5. The van der Waals surface area contributed by atoms with E-state index in [-0.39, 0.29) is 11.6 Å². The first-order valence-electron chi connectivity index (χ1n) is 4.86. The van der Waals surface area contributed by atoms with Gasteiger partial charge in [-0.05, 0) is 13.1 Å². The maximum Gasteiger partial charge on any atom is 0.226 e. The van der Waals surface area contributed by atoms with Crippen molar-refractivity contribution < 1.29 is 9.53 Å². The molecule has 2 fully saturated rings. The van der Waals surface area contributed by atoms with Crippen LogP contribution in [-0.4, -0.2) is 43.3 Å². The normalized spacial score (nSPS) is 28.1. The van der Waals surface area contributed by atoms with Gasteiger partial charge < -0.3 is 15.0 Å². The molecule has 0 aromatic carbocycles. The third-order valence-electron chi connectivity index (χ3n) is 3.06. The minimum Gasteiger partial charge on any atom is -0.355 e. The van der Waals surface area contributed by atoms with E-state index in [9.17, 15) is 4.79 Å². The number of ether oxygens (including phenoxy) is 1. The summed E-state index contributed by atoms with van der Waals surface area (Å²) < 4.78 is 5.75. The second-order valence-electron chi connectivity index (χ2n) is 3.75. The Morgan fingerprint density at radius 1 is 1.46 bits per heavy atom. The molecule has 0 saturated carbocycles. The second-order valence-corrected chi connectivity index (χ2v) is 3.75. The van der Waals surface area contributed by atoms with Crippen molar-refractivity contribution in [2.75, 3.05) is 26.7 Å². The Labute approximate surface area is 78.2 Å². The van der Waals surface area contributed by atoms with Crippen LogP contribution < -0.4 is 5.32 Å². The van der Waals surface area contributed by atoms with Crippen LogP contribution in [0.5, 0.6) is 0 Å². The van der Waals surface area contributed by atoms with E-state index in [0.717, 1.165) is 25.9 Å². The molecule has 0 bridgehead atoms. The summed E-state index contributed by atoms with van der Waals surface area (Å²) in [4.78, 5) is 13.3. The fourth-order valence-electron chi connectivity index (χ4n) is 2.12. The number of piperidine rings is 1. The molecule has 2 aliphatic rings. The van der Waals surface area contributed by atoms with Gasteiger partial charge in [-0.1, -0.05) is 0 Å². The zero-order valence-electron chi connectivity index (χ0n) is 8.01. The van der Waals surface area contributed by atoms with Crippen LogP contribution in [0.4, 0.5) is 0 Å². The number of carbonyl (C=O) groups is 1. The summed E-state index contributed by atoms with van der Waals surface area (Å²) in [5.41, 5.74) is -0.291. The molecule has 2 saturated heterocycles. The van der Waals surface area contributed by atoms with Crippen molar-refractivity contribution >= 4 is 5.91 Å². The van der Waals surface area contributed by atoms with Gasteiger partial charge in [0.1, 0.15) is 5.72 Å². The van der Waals surface area contributed by atoms with Crippen LogP contribution in [0.15, 0.2) is 0 Å². The minimum absolute atomic E-state index is 0.216. The Balaban J connectivity index is 2.13. The van der Waals surface area contributed by atoms with Crippen LogP contribution in [0.1, 0.15) is 19.3 Å². The van der Waals surface area contributed by atoms with Crippen LogP contribution in [0.2, 0.25) is 0 Å². The van der Waals surface area contributed by atoms with Crippen molar-refractivity contribution in [3.8, 4) is 0 Å². The summed E-state index contributed by atoms with van der Waals surface area (Å²) in [6.45, 7) is 2.47. The third kappa shape index (κ3) is 1.44. The molecule has 0 aliphatic carbocycles. The fourth-order valence-corrected chi connectivity index (χ4v) is 2.12. The van der Waals surface area contributed by atoms with Crippen molar-refractivity contribution in [3.63, 3.8) is 0 Å². The first-order chi connectivity index (χ1) is 6.25. The van der Waals surface area contributed by atoms with Gasteiger partial charge in [0.25, 0.3) is 0 Å². The molecular weight excluding hydrogens is 168 g/mol. The predicted molar refractivity (Wildman–Crippen MR) is 48.2 cm³/mol. The van der Waals surface area contributed by atoms with Gasteiger partial charge in [-0.3, -0.25) is 4.79 Å². The van der Waals surface area contributed by atoms with E-state index < -0.39 is 0 Å². The van der Waals surface area contributed by atoms with Gasteiger partial charge in [-0.2, -0.15) is 0 Å². The van der Waals surface area contributed by atoms with Gasteiger partial charge >= 0.3 is 0 Å². The fraction of sp³-hybridized carbons (Fsp3) is 0.889. The smallest absolute Gasteiger partial charge is 0.226 e. The lowest BCUT2D eigenvalue weighted by molar-refractivity contribution is -0.199. The predicted octanol–water partition coefficient (Wildman–Crippen LogP) is -0.0552. The molecule has 74 valence electrons. The van der Waals surface area contributed by atoms with Crippen LogP contribution in [0, 0.1) is 0 Å². The highest BCUT2D eigenvalue weighted by Gasteiger charge is 2.42. The molecule has 4 heteroatoms. The van der Waals surface area contributed by atoms with Gasteiger partial charge in [-0.25, -0.2) is 0 Å². The zero-order chi connectivity index (χ0) is 9.31. The van der Waals surface area contributed by atoms with E-state index in [0.29, 0.717) is 13.0 Å². The molecule has 0 aromatic heterocycles. The second kappa shape index (κ2) is 3.27. The number of amides is 1. The lowest BCUT2D eigenvalue weighted by atomic mass is 9.98. The Hall–Kier alpha value is -0.610. The highest BCUT2D eigenvalue weighted by molar-refractivity contribution is 5.77. The molecule has 2 rings (SSSR count). The highest BCUT2D eigenvalue weighted by Crippen LogP contribution is 2.30. The average molecular weight is 184 g/mol. The number of nitrogens with one attached hydrogen (secondary N) is 1. The van der Waals surface area contributed by atoms with Crippen molar-refractivity contribution in [2.24, 2.45) is 0 Å². The maximum absolute atomic E-state index is 11.5. The molecular formula is C9H16N2O2. The largest absolute Gasteiger partial charge is 0.355 e. The number of hydrogen-bond donors (Lipinski definition) is 1. The topological polar surface area (TPSA) is 41.6 Å². The van der Waals surface area contributed by atoms with E-state index in [4.69, 9.17) is 4.74 Å². The number of hydrogen-bond acceptors (Lipinski definition) is 3. The van der Waals surface area contributed by atoms with Crippen LogP contribution in [0.25, 0.3) is 0 Å². The van der Waals surface area contributed by atoms with E-state index in [2.05, 4.69) is 5.32 Å². The molecule has 2 heterocycles. The number of rotatable bonds is 0. The van der Waals surface area contributed by atoms with Gasteiger partial charge in [0, 0.05) is 19.9 Å². The SMILES string of the molecule is CN1C(=O)CCOC12CCNCC2. The molecule has 1 spiro atoms. The minimum atomic E-state index is -0.291. The van der Waals surface area contributed by atoms with Crippen LogP contribution >= 0.6 is 0 Å². The Kier molecular flexibility index (Phi) is 2.26. The van der Waals surface area contributed by atoms with Gasteiger partial charge in [0.05, 0.1) is 13.0 Å². The average Bonchev–Trinajstić information content (AvgIpc) is 2.16. The molecule has 1 amide bonds. The Morgan fingerprint density at radius 2 is 2.15 bits per heavy atom. The quantitative estimate of drug-likeness (QED) is 0.573.